The summed E-state index contributed by atoms with van der Waals surface area (Å²) in [5.41, 5.74) is 4.58. The van der Waals surface area contributed by atoms with Gasteiger partial charge < -0.3 is 9.88 Å². The highest BCUT2D eigenvalue weighted by atomic mass is 16.1. The number of pyridine rings is 1. The van der Waals surface area contributed by atoms with Crippen LogP contribution in [0, 0.1) is 20.8 Å². The Morgan fingerprint density at radius 1 is 1.11 bits per heavy atom. The van der Waals surface area contributed by atoms with Crippen LogP contribution in [0.4, 0.5) is 5.69 Å². The van der Waals surface area contributed by atoms with Crippen LogP contribution < -0.4 is 5.32 Å². The number of anilines is 1. The van der Waals surface area contributed by atoms with Crippen LogP contribution in [0.15, 0.2) is 42.7 Å². The van der Waals surface area contributed by atoms with E-state index in [2.05, 4.69) is 20.4 Å². The molecule has 0 atom stereocenters. The molecule has 0 radical (unpaired) electrons. The maximum atomic E-state index is 12.9. The molecule has 0 saturated carbocycles. The molecule has 7 nitrogen and oxygen atoms in total. The van der Waals surface area contributed by atoms with Gasteiger partial charge in [0.15, 0.2) is 5.65 Å². The average Bonchev–Trinajstić information content (AvgIpc) is 3.18. The van der Waals surface area contributed by atoms with Crippen molar-refractivity contribution >= 4 is 22.6 Å². The highest BCUT2D eigenvalue weighted by Crippen LogP contribution is 2.23. The summed E-state index contributed by atoms with van der Waals surface area (Å²) in [6.45, 7) is 5.71. The minimum absolute atomic E-state index is 0.173. The number of benzene rings is 1. The van der Waals surface area contributed by atoms with Crippen LogP contribution in [0.25, 0.3) is 16.7 Å². The molecular formula is C20H20N6O. The minimum atomic E-state index is -0.173. The van der Waals surface area contributed by atoms with Crippen molar-refractivity contribution in [1.29, 1.82) is 0 Å². The number of nitrogens with one attached hydrogen (secondary N) is 1. The monoisotopic (exact) mass is 360 g/mol. The lowest BCUT2D eigenvalue weighted by Crippen LogP contribution is -2.13. The summed E-state index contributed by atoms with van der Waals surface area (Å²) < 4.78 is 3.69. The van der Waals surface area contributed by atoms with Gasteiger partial charge in [0.05, 0.1) is 16.6 Å². The van der Waals surface area contributed by atoms with Crippen LogP contribution in [0.3, 0.4) is 0 Å². The fourth-order valence-electron chi connectivity index (χ4n) is 3.30. The molecule has 136 valence electrons. The molecule has 1 amide bonds. The third-order valence-electron chi connectivity index (χ3n) is 4.57. The number of imidazole rings is 1. The van der Waals surface area contributed by atoms with Crippen molar-refractivity contribution in [3.05, 3.63) is 65.5 Å². The fraction of sp³-hybridized carbons (Fsp3) is 0.200. The molecule has 0 unspecified atom stereocenters. The lowest BCUT2D eigenvalue weighted by molar-refractivity contribution is 0.102. The molecule has 0 aliphatic heterocycles. The summed E-state index contributed by atoms with van der Waals surface area (Å²) >= 11 is 0. The van der Waals surface area contributed by atoms with Crippen molar-refractivity contribution in [1.82, 2.24) is 24.3 Å². The number of amides is 1. The molecule has 0 aliphatic carbocycles. The summed E-state index contributed by atoms with van der Waals surface area (Å²) in [6, 6.07) is 9.47. The summed E-state index contributed by atoms with van der Waals surface area (Å²) in [6.07, 6.45) is 3.67. The lowest BCUT2D eigenvalue weighted by atomic mass is 10.1. The van der Waals surface area contributed by atoms with Crippen molar-refractivity contribution in [3.8, 4) is 5.69 Å². The van der Waals surface area contributed by atoms with Crippen LogP contribution in [-0.4, -0.2) is 30.2 Å². The van der Waals surface area contributed by atoms with E-state index < -0.39 is 0 Å². The van der Waals surface area contributed by atoms with E-state index in [1.807, 2.05) is 62.8 Å². The number of carbonyl (C=O) groups is 1. The molecule has 0 spiro atoms. The molecule has 1 aromatic carbocycles. The number of hydrogen-bond donors (Lipinski definition) is 1. The first-order chi connectivity index (χ1) is 12.9. The first-order valence-corrected chi connectivity index (χ1v) is 8.67. The maximum Gasteiger partial charge on any atom is 0.256 e. The van der Waals surface area contributed by atoms with Gasteiger partial charge in [-0.25, -0.2) is 9.97 Å². The van der Waals surface area contributed by atoms with Gasteiger partial charge in [-0.2, -0.15) is 5.10 Å². The highest BCUT2D eigenvalue weighted by Gasteiger charge is 2.18. The fourth-order valence-corrected chi connectivity index (χ4v) is 3.30. The van der Waals surface area contributed by atoms with Crippen molar-refractivity contribution in [2.45, 2.75) is 20.8 Å². The van der Waals surface area contributed by atoms with Crippen LogP contribution >= 0.6 is 0 Å². The van der Waals surface area contributed by atoms with Gasteiger partial charge in [-0.15, -0.1) is 0 Å². The first kappa shape index (κ1) is 17.0. The molecule has 0 bridgehead atoms. The van der Waals surface area contributed by atoms with E-state index in [0.29, 0.717) is 11.2 Å². The first-order valence-electron chi connectivity index (χ1n) is 8.67. The summed E-state index contributed by atoms with van der Waals surface area (Å²) in [7, 11) is 1.83. The number of hydrogen-bond acceptors (Lipinski definition) is 4. The SMILES string of the molecule is Cc1cc(C(=O)Nc2ccc(-n3ccnc3C)cc2)c2c(C)nn(C)c2n1. The van der Waals surface area contributed by atoms with E-state index in [0.717, 1.165) is 34.0 Å². The molecule has 4 rings (SSSR count). The molecular weight excluding hydrogens is 340 g/mol. The predicted molar refractivity (Wildman–Crippen MR) is 104 cm³/mol. The van der Waals surface area contributed by atoms with Gasteiger partial charge in [-0.3, -0.25) is 9.48 Å². The van der Waals surface area contributed by atoms with E-state index in [4.69, 9.17) is 0 Å². The average molecular weight is 360 g/mol. The van der Waals surface area contributed by atoms with E-state index in [9.17, 15) is 4.79 Å². The van der Waals surface area contributed by atoms with E-state index in [1.165, 1.54) is 0 Å². The second-order valence-corrected chi connectivity index (χ2v) is 6.56. The molecule has 3 aromatic heterocycles. The zero-order chi connectivity index (χ0) is 19.1. The zero-order valence-corrected chi connectivity index (χ0v) is 15.7. The Morgan fingerprint density at radius 2 is 1.85 bits per heavy atom. The summed E-state index contributed by atoms with van der Waals surface area (Å²) in [5, 5.41) is 8.15. The topological polar surface area (TPSA) is 77.6 Å². The molecule has 3 heterocycles. The number of aromatic nitrogens is 5. The normalized spacial score (nSPS) is 11.1. The number of aryl methyl sites for hydroxylation is 4. The van der Waals surface area contributed by atoms with Gasteiger partial charge in [0.25, 0.3) is 5.91 Å². The quantitative estimate of drug-likeness (QED) is 0.608. The van der Waals surface area contributed by atoms with Gasteiger partial charge in [0.2, 0.25) is 0 Å². The predicted octanol–water partition coefficient (Wildman–Crippen LogP) is 3.33. The number of carbonyl (C=O) groups excluding carboxylic acids is 1. The Bertz CT molecular complexity index is 1150. The molecule has 4 aromatic rings. The zero-order valence-electron chi connectivity index (χ0n) is 15.7. The maximum absolute atomic E-state index is 12.9. The molecule has 7 heteroatoms. The number of nitrogens with zero attached hydrogens (tertiary/aromatic N) is 5. The largest absolute Gasteiger partial charge is 0.322 e. The lowest BCUT2D eigenvalue weighted by Gasteiger charge is -2.10. The Kier molecular flexibility index (Phi) is 3.99. The molecule has 0 fully saturated rings. The van der Waals surface area contributed by atoms with Crippen LogP contribution in [-0.2, 0) is 7.05 Å². The van der Waals surface area contributed by atoms with Crippen molar-refractivity contribution in [2.75, 3.05) is 5.32 Å². The standard InChI is InChI=1S/C20H20N6O/c1-12-11-17(18-13(2)24-25(4)19(18)22-12)20(27)23-15-5-7-16(8-6-15)26-10-9-21-14(26)3/h5-11H,1-4H3,(H,23,27). The van der Waals surface area contributed by atoms with Crippen LogP contribution in [0.2, 0.25) is 0 Å². The van der Waals surface area contributed by atoms with Gasteiger partial charge in [-0.1, -0.05) is 0 Å². The van der Waals surface area contributed by atoms with Crippen molar-refractivity contribution < 1.29 is 4.79 Å². The van der Waals surface area contributed by atoms with Gasteiger partial charge in [-0.05, 0) is 51.1 Å². The molecule has 1 N–H and O–H groups in total. The van der Waals surface area contributed by atoms with Gasteiger partial charge in [0.1, 0.15) is 5.82 Å². The second-order valence-electron chi connectivity index (χ2n) is 6.56. The Hall–Kier alpha value is -3.48. The van der Waals surface area contributed by atoms with Crippen LogP contribution in [0.1, 0.15) is 27.6 Å². The van der Waals surface area contributed by atoms with Gasteiger partial charge >= 0.3 is 0 Å². The van der Waals surface area contributed by atoms with E-state index in [1.54, 1.807) is 16.9 Å². The van der Waals surface area contributed by atoms with Crippen molar-refractivity contribution in [2.24, 2.45) is 7.05 Å². The Labute approximate surface area is 156 Å². The van der Waals surface area contributed by atoms with E-state index >= 15 is 0 Å². The van der Waals surface area contributed by atoms with E-state index in [-0.39, 0.29) is 5.91 Å². The smallest absolute Gasteiger partial charge is 0.256 e. The third-order valence-corrected chi connectivity index (χ3v) is 4.57. The van der Waals surface area contributed by atoms with Gasteiger partial charge in [0, 0.05) is 36.5 Å². The third kappa shape index (κ3) is 2.97. The highest BCUT2D eigenvalue weighted by molar-refractivity contribution is 6.12. The van der Waals surface area contributed by atoms with Crippen molar-refractivity contribution in [3.63, 3.8) is 0 Å². The van der Waals surface area contributed by atoms with Crippen LogP contribution in [0.5, 0.6) is 0 Å². The second kappa shape index (κ2) is 6.35. The molecule has 0 aliphatic rings. The number of fused-ring (bicyclic) bond motifs is 1. The Balaban J connectivity index is 1.65. The molecule has 0 saturated heterocycles. The Morgan fingerprint density at radius 3 is 2.52 bits per heavy atom. The summed E-state index contributed by atoms with van der Waals surface area (Å²) in [4.78, 5) is 21.7. The summed E-state index contributed by atoms with van der Waals surface area (Å²) in [5.74, 6) is 0.738. The molecule has 27 heavy (non-hydrogen) atoms. The minimum Gasteiger partial charge on any atom is -0.322 e. The number of rotatable bonds is 3.